The summed E-state index contributed by atoms with van der Waals surface area (Å²) < 4.78 is 18.4. The third-order valence-corrected chi connectivity index (χ3v) is 3.13. The monoisotopic (exact) mass is 311 g/mol. The Morgan fingerprint density at radius 2 is 2.04 bits per heavy atom. The van der Waals surface area contributed by atoms with Gasteiger partial charge in [-0.1, -0.05) is 6.07 Å². The first-order valence-electron chi connectivity index (χ1n) is 6.99. The molecule has 0 aliphatic heterocycles. The van der Waals surface area contributed by atoms with Crippen LogP contribution in [0.1, 0.15) is 16.1 Å². The summed E-state index contributed by atoms with van der Waals surface area (Å²) in [5.41, 5.74) is 1.45. The molecule has 2 N–H and O–H groups in total. The smallest absolute Gasteiger partial charge is 0.257 e. The molecule has 3 rings (SSSR count). The van der Waals surface area contributed by atoms with Crippen molar-refractivity contribution in [3.8, 4) is 0 Å². The van der Waals surface area contributed by atoms with Crippen LogP contribution in [0.25, 0.3) is 0 Å². The summed E-state index contributed by atoms with van der Waals surface area (Å²) in [7, 11) is 0. The minimum Gasteiger partial charge on any atom is -0.467 e. The van der Waals surface area contributed by atoms with E-state index in [1.165, 1.54) is 24.4 Å². The van der Waals surface area contributed by atoms with Crippen LogP contribution in [0.2, 0.25) is 0 Å². The van der Waals surface area contributed by atoms with Gasteiger partial charge < -0.3 is 15.1 Å². The van der Waals surface area contributed by atoms with E-state index in [0.717, 1.165) is 5.76 Å². The van der Waals surface area contributed by atoms with Gasteiger partial charge in [0.15, 0.2) is 0 Å². The molecule has 5 nitrogen and oxygen atoms in total. The van der Waals surface area contributed by atoms with Crippen molar-refractivity contribution in [3.05, 3.63) is 78.3 Å². The molecule has 1 aromatic carbocycles. The standard InChI is InChI=1S/C17H14FN3O2/c18-13-3-1-4-14(8-13)21-17(22)12-7-15(10-19-9-12)20-11-16-5-2-6-23-16/h1-10,20H,11H2,(H,21,22). The van der Waals surface area contributed by atoms with Gasteiger partial charge in [0, 0.05) is 18.1 Å². The van der Waals surface area contributed by atoms with Crippen molar-refractivity contribution in [1.82, 2.24) is 4.98 Å². The van der Waals surface area contributed by atoms with Crippen LogP contribution in [0, 0.1) is 5.82 Å². The number of aromatic nitrogens is 1. The molecule has 0 aliphatic carbocycles. The highest BCUT2D eigenvalue weighted by Crippen LogP contribution is 2.14. The Balaban J connectivity index is 1.67. The van der Waals surface area contributed by atoms with Crippen LogP contribution in [0.15, 0.2) is 65.5 Å². The van der Waals surface area contributed by atoms with E-state index in [9.17, 15) is 9.18 Å². The molecule has 0 fully saturated rings. The molecule has 0 saturated heterocycles. The van der Waals surface area contributed by atoms with Crippen LogP contribution in [0.5, 0.6) is 0 Å². The Bertz CT molecular complexity index is 803. The van der Waals surface area contributed by atoms with Crippen LogP contribution in [-0.2, 0) is 6.54 Å². The molecule has 1 amide bonds. The molecule has 0 atom stereocenters. The fourth-order valence-electron chi connectivity index (χ4n) is 2.03. The number of hydrogen-bond acceptors (Lipinski definition) is 4. The Labute approximate surface area is 132 Å². The molecule has 23 heavy (non-hydrogen) atoms. The average molecular weight is 311 g/mol. The van der Waals surface area contributed by atoms with E-state index in [2.05, 4.69) is 15.6 Å². The van der Waals surface area contributed by atoms with Crippen LogP contribution >= 0.6 is 0 Å². The molecule has 116 valence electrons. The maximum absolute atomic E-state index is 13.1. The molecule has 2 heterocycles. The maximum Gasteiger partial charge on any atom is 0.257 e. The van der Waals surface area contributed by atoms with Gasteiger partial charge in [0.2, 0.25) is 0 Å². The number of halogens is 1. The maximum atomic E-state index is 13.1. The third kappa shape index (κ3) is 3.94. The molecule has 6 heteroatoms. The number of carbonyl (C=O) groups excluding carboxylic acids is 1. The van der Waals surface area contributed by atoms with Crippen molar-refractivity contribution in [2.24, 2.45) is 0 Å². The van der Waals surface area contributed by atoms with Gasteiger partial charge in [-0.2, -0.15) is 0 Å². The zero-order valence-electron chi connectivity index (χ0n) is 12.1. The summed E-state index contributed by atoms with van der Waals surface area (Å²) in [4.78, 5) is 16.2. The summed E-state index contributed by atoms with van der Waals surface area (Å²) >= 11 is 0. The lowest BCUT2D eigenvalue weighted by Gasteiger charge is -2.08. The normalized spacial score (nSPS) is 10.3. The fraction of sp³-hybridized carbons (Fsp3) is 0.0588. The van der Waals surface area contributed by atoms with E-state index in [0.29, 0.717) is 23.5 Å². The number of rotatable bonds is 5. The average Bonchev–Trinajstić information content (AvgIpc) is 3.07. The van der Waals surface area contributed by atoms with Gasteiger partial charge in [-0.15, -0.1) is 0 Å². The van der Waals surface area contributed by atoms with Crippen molar-refractivity contribution >= 4 is 17.3 Å². The van der Waals surface area contributed by atoms with Gasteiger partial charge in [0.05, 0.1) is 24.1 Å². The number of benzene rings is 1. The summed E-state index contributed by atoms with van der Waals surface area (Å²) in [6, 6.07) is 11.0. The van der Waals surface area contributed by atoms with Crippen LogP contribution in [0.3, 0.4) is 0 Å². The topological polar surface area (TPSA) is 67.2 Å². The summed E-state index contributed by atoms with van der Waals surface area (Å²) in [5.74, 6) is 0.0131. The molecule has 0 unspecified atom stereocenters. The van der Waals surface area contributed by atoms with Crippen molar-refractivity contribution in [2.45, 2.75) is 6.54 Å². The van der Waals surface area contributed by atoms with Crippen molar-refractivity contribution in [2.75, 3.05) is 10.6 Å². The quantitative estimate of drug-likeness (QED) is 0.754. The Kier molecular flexibility index (Phi) is 4.33. The van der Waals surface area contributed by atoms with Crippen LogP contribution in [-0.4, -0.2) is 10.9 Å². The highest BCUT2D eigenvalue weighted by atomic mass is 19.1. The Morgan fingerprint density at radius 1 is 1.13 bits per heavy atom. The molecular formula is C17H14FN3O2. The summed E-state index contributed by atoms with van der Waals surface area (Å²) in [6.07, 6.45) is 4.66. The van der Waals surface area contributed by atoms with Crippen LogP contribution in [0.4, 0.5) is 15.8 Å². The van der Waals surface area contributed by atoms with E-state index in [4.69, 9.17) is 4.42 Å². The number of amides is 1. The predicted octanol–water partition coefficient (Wildman–Crippen LogP) is 3.68. The lowest BCUT2D eigenvalue weighted by atomic mass is 10.2. The molecule has 0 spiro atoms. The number of anilines is 2. The first-order chi connectivity index (χ1) is 11.2. The van der Waals surface area contributed by atoms with Gasteiger partial charge in [-0.25, -0.2) is 4.39 Å². The first-order valence-corrected chi connectivity index (χ1v) is 6.99. The van der Waals surface area contributed by atoms with Gasteiger partial charge >= 0.3 is 0 Å². The lowest BCUT2D eigenvalue weighted by Crippen LogP contribution is -2.13. The SMILES string of the molecule is O=C(Nc1cccc(F)c1)c1cncc(NCc2ccco2)c1. The number of carbonyl (C=O) groups is 1. The van der Waals surface area contributed by atoms with Gasteiger partial charge in [-0.05, 0) is 36.4 Å². The van der Waals surface area contributed by atoms with Crippen LogP contribution < -0.4 is 10.6 Å². The fourth-order valence-corrected chi connectivity index (χ4v) is 2.03. The second-order valence-corrected chi connectivity index (χ2v) is 4.86. The summed E-state index contributed by atoms with van der Waals surface area (Å²) in [5, 5.41) is 5.75. The van der Waals surface area contributed by atoms with Gasteiger partial charge in [-0.3, -0.25) is 9.78 Å². The number of nitrogens with zero attached hydrogens (tertiary/aromatic N) is 1. The second kappa shape index (κ2) is 6.74. The lowest BCUT2D eigenvalue weighted by molar-refractivity contribution is 0.102. The van der Waals surface area contributed by atoms with E-state index in [-0.39, 0.29) is 5.91 Å². The van der Waals surface area contributed by atoms with Gasteiger partial charge in [0.25, 0.3) is 5.91 Å². The zero-order chi connectivity index (χ0) is 16.1. The number of furan rings is 1. The third-order valence-electron chi connectivity index (χ3n) is 3.13. The first kappa shape index (κ1) is 14.8. The predicted molar refractivity (Wildman–Crippen MR) is 84.6 cm³/mol. The molecule has 0 bridgehead atoms. The van der Waals surface area contributed by atoms with Gasteiger partial charge in [0.1, 0.15) is 11.6 Å². The molecule has 0 radical (unpaired) electrons. The van der Waals surface area contributed by atoms with E-state index >= 15 is 0 Å². The second-order valence-electron chi connectivity index (χ2n) is 4.86. The molecular weight excluding hydrogens is 297 g/mol. The highest BCUT2D eigenvalue weighted by Gasteiger charge is 2.08. The van der Waals surface area contributed by atoms with E-state index < -0.39 is 5.82 Å². The molecule has 2 aromatic heterocycles. The highest BCUT2D eigenvalue weighted by molar-refractivity contribution is 6.04. The zero-order valence-corrected chi connectivity index (χ0v) is 12.1. The van der Waals surface area contributed by atoms with Crippen molar-refractivity contribution in [1.29, 1.82) is 0 Å². The Hall–Kier alpha value is -3.15. The van der Waals surface area contributed by atoms with Crippen molar-refractivity contribution < 1.29 is 13.6 Å². The molecule has 0 aliphatic rings. The number of pyridine rings is 1. The summed E-state index contributed by atoms with van der Waals surface area (Å²) in [6.45, 7) is 0.490. The largest absolute Gasteiger partial charge is 0.467 e. The van der Waals surface area contributed by atoms with E-state index in [1.54, 1.807) is 30.7 Å². The minimum atomic E-state index is -0.408. The van der Waals surface area contributed by atoms with Crippen molar-refractivity contribution in [3.63, 3.8) is 0 Å². The molecule has 3 aromatic rings. The Morgan fingerprint density at radius 3 is 2.83 bits per heavy atom. The molecule has 0 saturated carbocycles. The van der Waals surface area contributed by atoms with E-state index in [1.807, 2.05) is 6.07 Å². The number of hydrogen-bond donors (Lipinski definition) is 2. The minimum absolute atomic E-state index is 0.357. The number of nitrogens with one attached hydrogen (secondary N) is 2.